The molecule has 104 valence electrons. The standard InChI is InChI=1S/C12H21NO3S2/c1-9(2)12(3,4)8-13-18(15,16)11-5-6-17-10(11)7-14/h5-6,9,13-14H,7-8H2,1-4H3. The van der Waals surface area contributed by atoms with E-state index < -0.39 is 10.0 Å². The Hall–Kier alpha value is -0.430. The molecule has 0 spiro atoms. The van der Waals surface area contributed by atoms with Crippen LogP contribution in [0.15, 0.2) is 16.3 Å². The second kappa shape index (κ2) is 5.69. The van der Waals surface area contributed by atoms with E-state index in [2.05, 4.69) is 18.6 Å². The lowest BCUT2D eigenvalue weighted by atomic mass is 9.81. The second-order valence-electron chi connectivity index (χ2n) is 5.33. The molecule has 18 heavy (non-hydrogen) atoms. The zero-order valence-corrected chi connectivity index (χ0v) is 12.9. The van der Waals surface area contributed by atoms with Crippen molar-refractivity contribution in [3.05, 3.63) is 16.3 Å². The van der Waals surface area contributed by atoms with Crippen molar-refractivity contribution in [2.75, 3.05) is 6.54 Å². The monoisotopic (exact) mass is 291 g/mol. The Kier molecular flexibility index (Phi) is 4.94. The van der Waals surface area contributed by atoms with Crippen LogP contribution in [0.25, 0.3) is 0 Å². The molecular weight excluding hydrogens is 270 g/mol. The summed E-state index contributed by atoms with van der Waals surface area (Å²) in [5, 5.41) is 10.8. The molecule has 1 rings (SSSR count). The normalized spacial score (nSPS) is 13.2. The first-order valence-corrected chi connectivity index (χ1v) is 8.24. The highest BCUT2D eigenvalue weighted by Gasteiger charge is 2.26. The molecule has 0 amide bonds. The zero-order valence-electron chi connectivity index (χ0n) is 11.2. The third kappa shape index (κ3) is 3.54. The molecule has 0 aliphatic carbocycles. The van der Waals surface area contributed by atoms with Gasteiger partial charge >= 0.3 is 0 Å². The Balaban J connectivity index is 2.84. The topological polar surface area (TPSA) is 66.4 Å². The van der Waals surface area contributed by atoms with E-state index in [0.29, 0.717) is 17.3 Å². The maximum Gasteiger partial charge on any atom is 0.241 e. The molecule has 0 fully saturated rings. The molecule has 1 heterocycles. The van der Waals surface area contributed by atoms with Gasteiger partial charge in [0.05, 0.1) is 11.5 Å². The predicted octanol–water partition coefficient (Wildman–Crippen LogP) is 2.20. The second-order valence-corrected chi connectivity index (χ2v) is 8.07. The maximum absolute atomic E-state index is 12.1. The van der Waals surface area contributed by atoms with Gasteiger partial charge in [0, 0.05) is 11.4 Å². The van der Waals surface area contributed by atoms with Crippen LogP contribution in [0.4, 0.5) is 0 Å². The summed E-state index contributed by atoms with van der Waals surface area (Å²) in [6.45, 7) is 8.33. The molecule has 0 aromatic carbocycles. The summed E-state index contributed by atoms with van der Waals surface area (Å²) >= 11 is 1.25. The largest absolute Gasteiger partial charge is 0.391 e. The lowest BCUT2D eigenvalue weighted by Gasteiger charge is -2.29. The highest BCUT2D eigenvalue weighted by atomic mass is 32.2. The molecule has 0 aliphatic rings. The number of rotatable bonds is 6. The van der Waals surface area contributed by atoms with Crippen LogP contribution >= 0.6 is 11.3 Å². The molecule has 0 unspecified atom stereocenters. The molecular formula is C12H21NO3S2. The van der Waals surface area contributed by atoms with E-state index in [1.165, 1.54) is 17.4 Å². The summed E-state index contributed by atoms with van der Waals surface area (Å²) in [4.78, 5) is 0.666. The minimum atomic E-state index is -3.53. The average molecular weight is 291 g/mol. The summed E-state index contributed by atoms with van der Waals surface area (Å²) < 4.78 is 26.9. The number of nitrogens with one attached hydrogen (secondary N) is 1. The van der Waals surface area contributed by atoms with E-state index in [9.17, 15) is 8.42 Å². The Labute approximate surface area is 113 Å². The summed E-state index contributed by atoms with van der Waals surface area (Å²) in [6, 6.07) is 1.53. The van der Waals surface area contributed by atoms with Gasteiger partial charge in [0.25, 0.3) is 0 Å². The summed E-state index contributed by atoms with van der Waals surface area (Å²) in [5.41, 5.74) is -0.109. The van der Waals surface area contributed by atoms with E-state index in [1.807, 2.05) is 13.8 Å². The number of hydrogen-bond acceptors (Lipinski definition) is 4. The summed E-state index contributed by atoms with van der Waals surface area (Å²) in [5.74, 6) is 0.375. The fourth-order valence-corrected chi connectivity index (χ4v) is 3.76. The van der Waals surface area contributed by atoms with Crippen LogP contribution in [0.2, 0.25) is 0 Å². The van der Waals surface area contributed by atoms with Crippen LogP contribution in [0, 0.1) is 11.3 Å². The minimum absolute atomic E-state index is 0.109. The van der Waals surface area contributed by atoms with Crippen molar-refractivity contribution in [2.24, 2.45) is 11.3 Å². The first kappa shape index (κ1) is 15.6. The Morgan fingerprint density at radius 3 is 2.56 bits per heavy atom. The van der Waals surface area contributed by atoms with Gasteiger partial charge in [-0.2, -0.15) is 0 Å². The van der Waals surface area contributed by atoms with Crippen LogP contribution in [0.3, 0.4) is 0 Å². The van der Waals surface area contributed by atoms with Gasteiger partial charge in [-0.25, -0.2) is 13.1 Å². The van der Waals surface area contributed by atoms with E-state index in [-0.39, 0.29) is 16.9 Å². The molecule has 0 aliphatic heterocycles. The number of aliphatic hydroxyl groups is 1. The molecule has 0 saturated heterocycles. The summed E-state index contributed by atoms with van der Waals surface area (Å²) in [7, 11) is -3.53. The average Bonchev–Trinajstić information content (AvgIpc) is 2.75. The van der Waals surface area contributed by atoms with Gasteiger partial charge < -0.3 is 5.11 Å². The van der Waals surface area contributed by atoms with E-state index in [1.54, 1.807) is 5.38 Å². The molecule has 2 N–H and O–H groups in total. The maximum atomic E-state index is 12.1. The number of sulfonamides is 1. The van der Waals surface area contributed by atoms with Gasteiger partial charge in [-0.15, -0.1) is 11.3 Å². The molecule has 1 aromatic rings. The highest BCUT2D eigenvalue weighted by molar-refractivity contribution is 7.89. The Morgan fingerprint density at radius 1 is 1.44 bits per heavy atom. The molecule has 0 atom stereocenters. The van der Waals surface area contributed by atoms with Crippen LogP contribution in [-0.4, -0.2) is 20.1 Å². The first-order valence-electron chi connectivity index (χ1n) is 5.87. The van der Waals surface area contributed by atoms with Gasteiger partial charge in [0.15, 0.2) is 0 Å². The zero-order chi connectivity index (χ0) is 14.0. The highest BCUT2D eigenvalue weighted by Crippen LogP contribution is 2.27. The van der Waals surface area contributed by atoms with Crippen molar-refractivity contribution in [2.45, 2.75) is 39.2 Å². The van der Waals surface area contributed by atoms with E-state index in [0.717, 1.165) is 0 Å². The predicted molar refractivity (Wildman–Crippen MR) is 74.0 cm³/mol. The third-order valence-electron chi connectivity index (χ3n) is 3.42. The third-order valence-corrected chi connectivity index (χ3v) is 5.94. The van der Waals surface area contributed by atoms with Crippen LogP contribution in [0.1, 0.15) is 32.6 Å². The van der Waals surface area contributed by atoms with Crippen molar-refractivity contribution in [3.63, 3.8) is 0 Å². The van der Waals surface area contributed by atoms with Crippen molar-refractivity contribution in [3.8, 4) is 0 Å². The first-order chi connectivity index (χ1) is 8.20. The lowest BCUT2D eigenvalue weighted by Crippen LogP contribution is -2.37. The fraction of sp³-hybridized carbons (Fsp3) is 0.667. The van der Waals surface area contributed by atoms with Gasteiger partial charge in [0.2, 0.25) is 10.0 Å². The molecule has 6 heteroatoms. The van der Waals surface area contributed by atoms with Crippen molar-refractivity contribution in [1.82, 2.24) is 4.72 Å². The van der Waals surface area contributed by atoms with Crippen molar-refractivity contribution in [1.29, 1.82) is 0 Å². The van der Waals surface area contributed by atoms with E-state index >= 15 is 0 Å². The number of aliphatic hydroxyl groups excluding tert-OH is 1. The number of hydrogen-bond donors (Lipinski definition) is 2. The molecule has 0 bridgehead atoms. The van der Waals surface area contributed by atoms with Gasteiger partial charge in [-0.3, -0.25) is 0 Å². The van der Waals surface area contributed by atoms with Crippen LogP contribution in [0.5, 0.6) is 0 Å². The van der Waals surface area contributed by atoms with Crippen LogP contribution < -0.4 is 4.72 Å². The molecule has 0 saturated carbocycles. The van der Waals surface area contributed by atoms with Crippen molar-refractivity contribution < 1.29 is 13.5 Å². The fourth-order valence-electron chi connectivity index (χ4n) is 1.25. The summed E-state index contributed by atoms with van der Waals surface area (Å²) in [6.07, 6.45) is 0. The van der Waals surface area contributed by atoms with Gasteiger partial charge in [-0.1, -0.05) is 27.7 Å². The van der Waals surface area contributed by atoms with Gasteiger partial charge in [-0.05, 0) is 22.8 Å². The molecule has 4 nitrogen and oxygen atoms in total. The van der Waals surface area contributed by atoms with Crippen LogP contribution in [-0.2, 0) is 16.6 Å². The Morgan fingerprint density at radius 2 is 2.06 bits per heavy atom. The molecule has 0 radical (unpaired) electrons. The van der Waals surface area contributed by atoms with Crippen molar-refractivity contribution >= 4 is 21.4 Å². The number of thiophene rings is 1. The quantitative estimate of drug-likeness (QED) is 0.844. The molecule has 1 aromatic heterocycles. The minimum Gasteiger partial charge on any atom is -0.391 e. The smallest absolute Gasteiger partial charge is 0.241 e. The SMILES string of the molecule is CC(C)C(C)(C)CNS(=O)(=O)c1ccsc1CO. The lowest BCUT2D eigenvalue weighted by molar-refractivity contribution is 0.252. The van der Waals surface area contributed by atoms with Gasteiger partial charge in [0.1, 0.15) is 0 Å². The van der Waals surface area contributed by atoms with E-state index in [4.69, 9.17) is 5.11 Å². The Bertz CT molecular complexity index is 489.